The molecule has 0 fully saturated rings. The Labute approximate surface area is 177 Å². The van der Waals surface area contributed by atoms with Gasteiger partial charge in [0, 0.05) is 21.4 Å². The number of rotatable bonds is 4. The van der Waals surface area contributed by atoms with E-state index < -0.39 is 0 Å². The van der Waals surface area contributed by atoms with Gasteiger partial charge in [0.2, 0.25) is 5.78 Å². The van der Waals surface area contributed by atoms with E-state index in [1.807, 2.05) is 41.1 Å². The quantitative estimate of drug-likeness (QED) is 0.319. The fraction of sp³-hybridized carbons (Fsp3) is 0. The monoisotopic (exact) mass is 436 g/mol. The lowest BCUT2D eigenvalue weighted by molar-refractivity contribution is 0.104. The smallest absolute Gasteiger partial charge is 0.205 e. The number of nitrogens with zero attached hydrogens (tertiary/aromatic N) is 1. The van der Waals surface area contributed by atoms with Crippen molar-refractivity contribution in [3.63, 3.8) is 0 Å². The van der Waals surface area contributed by atoms with Crippen LogP contribution in [0.1, 0.15) is 15.2 Å². The lowest BCUT2D eigenvalue weighted by Gasteiger charge is -2.06. The number of thiophene rings is 3. The predicted molar refractivity (Wildman–Crippen MR) is 120 cm³/mol. The molecule has 29 heavy (non-hydrogen) atoms. The third-order valence-electron chi connectivity index (χ3n) is 4.57. The molecule has 0 aliphatic heterocycles. The van der Waals surface area contributed by atoms with Crippen LogP contribution in [-0.4, -0.2) is 10.8 Å². The summed E-state index contributed by atoms with van der Waals surface area (Å²) in [6, 6.07) is 15.6. The number of hydrogen-bond acceptors (Lipinski definition) is 6. The van der Waals surface area contributed by atoms with Crippen LogP contribution in [0, 0.1) is 5.82 Å². The average molecular weight is 437 g/mol. The molecule has 1 aromatic carbocycles. The fourth-order valence-corrected chi connectivity index (χ4v) is 5.72. The summed E-state index contributed by atoms with van der Waals surface area (Å²) in [5, 5.41) is 4.82. The van der Waals surface area contributed by atoms with Crippen LogP contribution in [0.3, 0.4) is 0 Å². The summed E-state index contributed by atoms with van der Waals surface area (Å²) in [7, 11) is 0. The Morgan fingerprint density at radius 3 is 2.31 bits per heavy atom. The lowest BCUT2D eigenvalue weighted by Crippen LogP contribution is -2.02. The number of pyridine rings is 1. The summed E-state index contributed by atoms with van der Waals surface area (Å²) >= 11 is 4.52. The summed E-state index contributed by atoms with van der Waals surface area (Å²) in [5.41, 5.74) is 9.12. The number of carbonyl (C=O) groups is 1. The van der Waals surface area contributed by atoms with Crippen molar-refractivity contribution in [2.45, 2.75) is 0 Å². The fourth-order valence-electron chi connectivity index (χ4n) is 3.20. The maximum Gasteiger partial charge on any atom is 0.205 e. The van der Waals surface area contributed by atoms with Crippen LogP contribution in [0.4, 0.5) is 10.1 Å². The predicted octanol–water partition coefficient (Wildman–Crippen LogP) is 6.71. The van der Waals surface area contributed by atoms with Crippen molar-refractivity contribution < 1.29 is 9.18 Å². The molecule has 0 amide bonds. The van der Waals surface area contributed by atoms with Crippen molar-refractivity contribution in [3.8, 4) is 21.0 Å². The van der Waals surface area contributed by atoms with E-state index in [1.165, 1.54) is 35.6 Å². The molecule has 0 bridgehead atoms. The van der Waals surface area contributed by atoms with Crippen molar-refractivity contribution in [1.82, 2.24) is 4.98 Å². The molecule has 0 radical (unpaired) electrons. The molecule has 0 spiro atoms. The summed E-state index contributed by atoms with van der Waals surface area (Å²) in [6.07, 6.45) is 0. The Morgan fingerprint density at radius 1 is 0.966 bits per heavy atom. The number of anilines is 1. The number of hydrogen-bond donors (Lipinski definition) is 1. The summed E-state index contributed by atoms with van der Waals surface area (Å²) in [4.78, 5) is 21.1. The van der Waals surface area contributed by atoms with E-state index in [9.17, 15) is 9.18 Å². The molecule has 5 rings (SSSR count). The SMILES string of the molecule is Nc1c(C(=O)c2ccc(F)cc2)sc2nc(-c3cccs3)cc(-c3cccs3)c12. The van der Waals surface area contributed by atoms with Crippen molar-refractivity contribution in [1.29, 1.82) is 0 Å². The van der Waals surface area contributed by atoms with Gasteiger partial charge in [-0.25, -0.2) is 9.37 Å². The van der Waals surface area contributed by atoms with E-state index in [0.717, 1.165) is 31.2 Å². The molecule has 0 aliphatic rings. The van der Waals surface area contributed by atoms with Crippen LogP contribution in [0.2, 0.25) is 0 Å². The standard InChI is InChI=1S/C22H13FN2OS3/c23-13-7-5-12(6-8-13)20(26)21-19(24)18-14(16-3-1-9-27-16)11-15(25-22(18)29-21)17-4-2-10-28-17/h1-11H,24H2. The van der Waals surface area contributed by atoms with Gasteiger partial charge >= 0.3 is 0 Å². The van der Waals surface area contributed by atoms with Crippen LogP contribution >= 0.6 is 34.0 Å². The summed E-state index contributed by atoms with van der Waals surface area (Å²) in [6.45, 7) is 0. The summed E-state index contributed by atoms with van der Waals surface area (Å²) in [5.74, 6) is -0.603. The minimum absolute atomic E-state index is 0.222. The van der Waals surface area contributed by atoms with Crippen LogP contribution in [0.25, 0.3) is 31.2 Å². The first-order valence-corrected chi connectivity index (χ1v) is 11.3. The number of halogens is 1. The highest BCUT2D eigenvalue weighted by Crippen LogP contribution is 2.43. The van der Waals surface area contributed by atoms with E-state index in [1.54, 1.807) is 22.7 Å². The zero-order valence-corrected chi connectivity index (χ0v) is 17.3. The van der Waals surface area contributed by atoms with Crippen LogP contribution in [-0.2, 0) is 0 Å². The van der Waals surface area contributed by atoms with Gasteiger partial charge in [-0.2, -0.15) is 0 Å². The molecule has 7 heteroatoms. The Bertz CT molecular complexity index is 1320. The number of ketones is 1. The first-order chi connectivity index (χ1) is 14.1. The minimum atomic E-state index is -0.381. The zero-order chi connectivity index (χ0) is 20.0. The third-order valence-corrected chi connectivity index (χ3v) is 7.47. The Kier molecular flexibility index (Phi) is 4.50. The van der Waals surface area contributed by atoms with Gasteiger partial charge in [0.05, 0.1) is 16.3 Å². The Hall–Kier alpha value is -2.87. The van der Waals surface area contributed by atoms with Crippen molar-refractivity contribution >= 4 is 55.7 Å². The number of carbonyl (C=O) groups excluding carboxylic acids is 1. The molecular weight excluding hydrogens is 423 g/mol. The molecule has 3 nitrogen and oxygen atoms in total. The average Bonchev–Trinajstić information content (AvgIpc) is 3.49. The lowest BCUT2D eigenvalue weighted by atomic mass is 10.0. The van der Waals surface area contributed by atoms with Gasteiger partial charge in [-0.3, -0.25) is 4.79 Å². The second-order valence-corrected chi connectivity index (χ2v) is 9.27. The van der Waals surface area contributed by atoms with E-state index in [0.29, 0.717) is 16.1 Å². The van der Waals surface area contributed by atoms with Gasteiger partial charge in [0.25, 0.3) is 0 Å². The maximum atomic E-state index is 13.2. The normalized spacial score (nSPS) is 11.2. The molecule has 142 valence electrons. The van der Waals surface area contributed by atoms with Crippen molar-refractivity contribution in [2.24, 2.45) is 0 Å². The molecule has 0 saturated carbocycles. The van der Waals surface area contributed by atoms with Crippen molar-refractivity contribution in [3.05, 3.63) is 81.6 Å². The number of nitrogens with two attached hydrogens (primary N) is 1. The first-order valence-electron chi connectivity index (χ1n) is 8.73. The minimum Gasteiger partial charge on any atom is -0.397 e. The highest BCUT2D eigenvalue weighted by Gasteiger charge is 2.23. The zero-order valence-electron chi connectivity index (χ0n) is 14.9. The highest BCUT2D eigenvalue weighted by molar-refractivity contribution is 7.21. The van der Waals surface area contributed by atoms with Crippen molar-refractivity contribution in [2.75, 3.05) is 5.73 Å². The topological polar surface area (TPSA) is 56.0 Å². The largest absolute Gasteiger partial charge is 0.397 e. The molecule has 0 aliphatic carbocycles. The maximum absolute atomic E-state index is 13.2. The highest BCUT2D eigenvalue weighted by atomic mass is 32.1. The van der Waals surface area contributed by atoms with E-state index in [4.69, 9.17) is 10.7 Å². The molecular formula is C22H13FN2OS3. The van der Waals surface area contributed by atoms with Crippen LogP contribution in [0.15, 0.2) is 65.4 Å². The number of benzene rings is 1. The van der Waals surface area contributed by atoms with Gasteiger partial charge in [-0.15, -0.1) is 34.0 Å². The molecule has 0 unspecified atom stereocenters. The molecule has 2 N–H and O–H groups in total. The molecule has 0 atom stereocenters. The second kappa shape index (κ2) is 7.18. The molecule has 5 aromatic rings. The van der Waals surface area contributed by atoms with Crippen LogP contribution < -0.4 is 5.73 Å². The molecule has 4 aromatic heterocycles. The number of nitrogen functional groups attached to an aromatic ring is 1. The van der Waals surface area contributed by atoms with E-state index in [-0.39, 0.29) is 11.6 Å². The van der Waals surface area contributed by atoms with Gasteiger partial charge in [0.1, 0.15) is 15.5 Å². The Balaban J connectivity index is 1.74. The second-order valence-electron chi connectivity index (χ2n) is 6.37. The van der Waals surface area contributed by atoms with Gasteiger partial charge in [0.15, 0.2) is 0 Å². The third kappa shape index (κ3) is 3.17. The van der Waals surface area contributed by atoms with Crippen LogP contribution in [0.5, 0.6) is 0 Å². The van der Waals surface area contributed by atoms with Gasteiger partial charge < -0.3 is 5.73 Å². The first kappa shape index (κ1) is 18.2. The van der Waals surface area contributed by atoms with E-state index in [2.05, 4.69) is 0 Å². The Morgan fingerprint density at radius 2 is 1.66 bits per heavy atom. The van der Waals surface area contributed by atoms with Gasteiger partial charge in [-0.1, -0.05) is 12.1 Å². The molecule has 4 heterocycles. The van der Waals surface area contributed by atoms with E-state index >= 15 is 0 Å². The molecule has 0 saturated heterocycles. The number of fused-ring (bicyclic) bond motifs is 1. The number of aromatic nitrogens is 1. The summed E-state index contributed by atoms with van der Waals surface area (Å²) < 4.78 is 13.2. The van der Waals surface area contributed by atoms with Gasteiger partial charge in [-0.05, 0) is 53.2 Å².